The van der Waals surface area contributed by atoms with Crippen molar-refractivity contribution in [1.82, 2.24) is 30.1 Å². The van der Waals surface area contributed by atoms with Crippen LogP contribution in [0.3, 0.4) is 0 Å². The number of pyridine rings is 1. The number of alkyl carbamates (subject to hydrolysis) is 1. The number of aromatic nitrogens is 3. The summed E-state index contributed by atoms with van der Waals surface area (Å²) in [6.45, 7) is 6.32. The Morgan fingerprint density at radius 1 is 0.982 bits per heavy atom. The van der Waals surface area contributed by atoms with Crippen LogP contribution in [0.25, 0.3) is 32.9 Å². The zero-order valence-electron chi connectivity index (χ0n) is 32.9. The van der Waals surface area contributed by atoms with Gasteiger partial charge in [-0.25, -0.2) is 14.0 Å². The maximum absolute atomic E-state index is 17.6. The minimum Gasteiger partial charge on any atom is -0.461 e. The van der Waals surface area contributed by atoms with Crippen LogP contribution in [-0.2, 0) is 20.6 Å². The first-order valence-electron chi connectivity index (χ1n) is 20.2. The number of benzene rings is 2. The average Bonchev–Trinajstić information content (AvgIpc) is 3.93. The fraction of sp³-hybridized carbons (Fsp3) is 0.548. The van der Waals surface area contributed by atoms with Crippen LogP contribution in [0, 0.1) is 5.82 Å². The van der Waals surface area contributed by atoms with Crippen LogP contribution in [0.15, 0.2) is 36.5 Å². The number of carbonyl (C=O) groups excluding carboxylic acids is 2. The Bertz CT molecular complexity index is 2210. The maximum Gasteiger partial charge on any atom is 0.415 e. The van der Waals surface area contributed by atoms with Crippen molar-refractivity contribution in [2.75, 3.05) is 71.6 Å². The number of piperidine rings is 1. The number of amides is 2. The van der Waals surface area contributed by atoms with Crippen molar-refractivity contribution in [3.8, 4) is 23.0 Å². The molecule has 2 aromatic heterocycles. The van der Waals surface area contributed by atoms with E-state index in [1.54, 1.807) is 32.5 Å². The zero-order valence-corrected chi connectivity index (χ0v) is 32.9. The molecule has 14 nitrogen and oxygen atoms in total. The first-order valence-corrected chi connectivity index (χ1v) is 20.2. The summed E-state index contributed by atoms with van der Waals surface area (Å²) >= 11 is 0. The average molecular weight is 784 g/mol. The molecule has 4 saturated heterocycles. The topological polar surface area (TPSA) is 141 Å². The third kappa shape index (κ3) is 6.97. The van der Waals surface area contributed by atoms with E-state index in [2.05, 4.69) is 15.1 Å². The van der Waals surface area contributed by atoms with Crippen LogP contribution in [0.1, 0.15) is 63.9 Å². The van der Waals surface area contributed by atoms with Gasteiger partial charge in [-0.2, -0.15) is 9.97 Å². The van der Waals surface area contributed by atoms with Crippen LogP contribution in [0.2, 0.25) is 0 Å². The second kappa shape index (κ2) is 14.8. The number of hydrogen-bond donors (Lipinski definition) is 1. The first-order chi connectivity index (χ1) is 27.6. The molecule has 1 unspecified atom stereocenters. The number of fused-ring (bicyclic) bond motifs is 7. The molecule has 6 bridgehead atoms. The van der Waals surface area contributed by atoms with Crippen molar-refractivity contribution >= 4 is 39.7 Å². The molecule has 0 radical (unpaired) electrons. The van der Waals surface area contributed by atoms with Gasteiger partial charge in [0.1, 0.15) is 29.4 Å². The van der Waals surface area contributed by atoms with E-state index in [-0.39, 0.29) is 41.7 Å². The molecule has 0 saturated carbocycles. The Morgan fingerprint density at radius 3 is 2.58 bits per heavy atom. The molecule has 2 amide bonds. The number of rotatable bonds is 6. The maximum atomic E-state index is 17.6. The summed E-state index contributed by atoms with van der Waals surface area (Å²) < 4.78 is 46.9. The first kappa shape index (κ1) is 37.7. The predicted molar refractivity (Wildman–Crippen MR) is 210 cm³/mol. The van der Waals surface area contributed by atoms with E-state index in [4.69, 9.17) is 38.6 Å². The third-order valence-corrected chi connectivity index (χ3v) is 12.8. The summed E-state index contributed by atoms with van der Waals surface area (Å²) in [5.41, 5.74) is 0.786. The van der Waals surface area contributed by atoms with Gasteiger partial charge < -0.3 is 38.8 Å². The van der Waals surface area contributed by atoms with Gasteiger partial charge in [0.05, 0.1) is 29.6 Å². The highest BCUT2D eigenvalue weighted by Gasteiger charge is 2.45. The lowest BCUT2D eigenvalue weighted by Crippen LogP contribution is -2.57. The van der Waals surface area contributed by atoms with Gasteiger partial charge in [-0.15, -0.1) is 0 Å². The molecule has 15 heteroatoms. The number of hydrogen-bond acceptors (Lipinski definition) is 12. The van der Waals surface area contributed by atoms with Crippen molar-refractivity contribution in [2.45, 2.75) is 81.6 Å². The number of halogens is 1. The molecular weight excluding hydrogens is 734 g/mol. The molecule has 2 aromatic carbocycles. The van der Waals surface area contributed by atoms with Gasteiger partial charge in [0.15, 0.2) is 11.6 Å². The molecule has 6 aliphatic rings. The predicted octanol–water partition coefficient (Wildman–Crippen LogP) is 6.22. The Hall–Kier alpha value is -4.86. The van der Waals surface area contributed by atoms with E-state index in [0.29, 0.717) is 62.3 Å². The highest BCUT2D eigenvalue weighted by Crippen LogP contribution is 2.42. The molecule has 10 rings (SSSR count). The van der Waals surface area contributed by atoms with Crippen molar-refractivity contribution < 1.29 is 37.7 Å². The van der Waals surface area contributed by atoms with Crippen LogP contribution in [-0.4, -0.2) is 121 Å². The minimum absolute atomic E-state index is 0.0599. The fourth-order valence-corrected chi connectivity index (χ4v) is 9.83. The van der Waals surface area contributed by atoms with E-state index < -0.39 is 29.3 Å². The second-order valence-corrected chi connectivity index (χ2v) is 16.5. The lowest BCUT2D eigenvalue weighted by Gasteiger charge is -2.41. The van der Waals surface area contributed by atoms with Gasteiger partial charge >= 0.3 is 18.2 Å². The van der Waals surface area contributed by atoms with Crippen LogP contribution in [0.4, 0.5) is 19.8 Å². The second-order valence-electron chi connectivity index (χ2n) is 16.5. The van der Waals surface area contributed by atoms with E-state index in [0.717, 1.165) is 68.0 Å². The highest BCUT2D eigenvalue weighted by molar-refractivity contribution is 6.02. The standard InChI is InChI=1S/C42H50FN7O7/c1-40-12-6-16-48(24-40)36-31-23-44-34(33(43)35(31)45-37(46-36)56-26-41-13-7-17-50(41)18-8-14-41)30-22-29(57-39(52)49-19-15-42(25-49,53-2)54-3)21-28-10-4-9-27(32(28)30)11-5-20-55-38(51)47-40/h4,9-10,21-23H,5-8,11-20,24-26H2,1-3H3,(H,47,51). The number of aryl methyl sites for hydroxylation is 1. The Morgan fingerprint density at radius 2 is 1.79 bits per heavy atom. The Kier molecular flexibility index (Phi) is 9.80. The van der Waals surface area contributed by atoms with Gasteiger partial charge in [0, 0.05) is 52.0 Å². The number of nitrogens with one attached hydrogen (secondary N) is 1. The molecule has 302 valence electrons. The molecule has 1 atom stereocenters. The number of anilines is 1. The lowest BCUT2D eigenvalue weighted by atomic mass is 9.91. The van der Waals surface area contributed by atoms with Gasteiger partial charge in [-0.05, 0) is 99.8 Å². The highest BCUT2D eigenvalue weighted by atomic mass is 19.1. The monoisotopic (exact) mass is 783 g/mol. The van der Waals surface area contributed by atoms with Gasteiger partial charge in [-0.1, -0.05) is 18.2 Å². The summed E-state index contributed by atoms with van der Waals surface area (Å²) in [5, 5.41) is 5.02. The number of nitrogens with zero attached hydrogens (tertiary/aromatic N) is 6. The smallest absolute Gasteiger partial charge is 0.415 e. The zero-order chi connectivity index (χ0) is 39.4. The molecule has 4 fully saturated rings. The lowest BCUT2D eigenvalue weighted by molar-refractivity contribution is -0.194. The van der Waals surface area contributed by atoms with Crippen molar-refractivity contribution in [3.05, 3.63) is 47.9 Å². The van der Waals surface area contributed by atoms with E-state index in [1.165, 1.54) is 4.90 Å². The molecule has 4 aromatic rings. The largest absolute Gasteiger partial charge is 0.461 e. The normalized spacial score (nSPS) is 23.1. The summed E-state index contributed by atoms with van der Waals surface area (Å²) in [7, 11) is 3.10. The third-order valence-electron chi connectivity index (χ3n) is 12.8. The van der Waals surface area contributed by atoms with Crippen LogP contribution < -0.4 is 19.7 Å². The van der Waals surface area contributed by atoms with E-state index >= 15 is 4.39 Å². The summed E-state index contributed by atoms with van der Waals surface area (Å²) in [5.74, 6) is -0.815. The summed E-state index contributed by atoms with van der Waals surface area (Å²) in [4.78, 5) is 47.3. The summed E-state index contributed by atoms with van der Waals surface area (Å²) in [6.07, 6.45) is 7.92. The van der Waals surface area contributed by atoms with Crippen LogP contribution in [0.5, 0.6) is 11.8 Å². The van der Waals surface area contributed by atoms with E-state index in [1.807, 2.05) is 25.1 Å². The van der Waals surface area contributed by atoms with Crippen molar-refractivity contribution in [3.63, 3.8) is 0 Å². The molecular formula is C42H50FN7O7. The molecule has 8 heterocycles. The molecule has 0 aliphatic carbocycles. The SMILES string of the molecule is COC1(OC)CCN(C(=O)Oc2cc3c4c(cccc4c2)CCCOC(=O)NC2(C)CCCN(C2)c2nc(OCC45CCCN4CCC5)nc4c(F)c-3ncc24)C1. The molecule has 1 N–H and O–H groups in total. The molecule has 6 aliphatic heterocycles. The molecule has 0 spiro atoms. The Labute approximate surface area is 330 Å². The van der Waals surface area contributed by atoms with Crippen molar-refractivity contribution in [1.29, 1.82) is 0 Å². The Balaban J connectivity index is 1.17. The van der Waals surface area contributed by atoms with E-state index in [9.17, 15) is 9.59 Å². The summed E-state index contributed by atoms with van der Waals surface area (Å²) in [6, 6.07) is 9.32. The molecule has 57 heavy (non-hydrogen) atoms. The number of ether oxygens (including phenoxy) is 5. The van der Waals surface area contributed by atoms with Crippen LogP contribution >= 0.6 is 0 Å². The van der Waals surface area contributed by atoms with Gasteiger partial charge in [0.2, 0.25) is 0 Å². The minimum atomic E-state index is -0.909. The number of carbonyl (C=O) groups is 2. The number of methoxy groups -OCH3 is 2. The number of likely N-dealkylation sites (tertiary alicyclic amines) is 1. The van der Waals surface area contributed by atoms with Gasteiger partial charge in [-0.3, -0.25) is 9.88 Å². The quantitative estimate of drug-likeness (QED) is 0.222. The fourth-order valence-electron chi connectivity index (χ4n) is 9.83. The van der Waals surface area contributed by atoms with Crippen molar-refractivity contribution in [2.24, 2.45) is 0 Å². The van der Waals surface area contributed by atoms with Gasteiger partial charge in [0.25, 0.3) is 0 Å².